The van der Waals surface area contributed by atoms with E-state index in [2.05, 4.69) is 25.9 Å². The minimum absolute atomic E-state index is 0.0467. The van der Waals surface area contributed by atoms with Gasteiger partial charge in [-0.05, 0) is 30.2 Å². The molecular weight excluding hydrogens is 218 g/mol. The number of rotatable bonds is 3. The summed E-state index contributed by atoms with van der Waals surface area (Å²) >= 11 is 0. The molecule has 1 aromatic carbocycles. The molecule has 6 nitrogen and oxygen atoms in total. The number of H-pyrrole nitrogens is 1. The molecule has 1 amide bonds. The molecule has 1 aromatic heterocycles. The second kappa shape index (κ2) is 4.73. The molecule has 2 N–H and O–H groups in total. The highest BCUT2D eigenvalue weighted by molar-refractivity contribution is 5.90. The molecule has 17 heavy (non-hydrogen) atoms. The SMILES string of the molecule is Cc1ccccc1C(C)NC(=O)c1nn[nH]n1. The third-order valence-corrected chi connectivity index (χ3v) is 2.55. The quantitative estimate of drug-likeness (QED) is 0.825. The van der Waals surface area contributed by atoms with Crippen LogP contribution in [-0.2, 0) is 0 Å². The van der Waals surface area contributed by atoms with Crippen LogP contribution in [0.5, 0.6) is 0 Å². The van der Waals surface area contributed by atoms with E-state index >= 15 is 0 Å². The Morgan fingerprint density at radius 3 is 2.82 bits per heavy atom. The molecule has 88 valence electrons. The van der Waals surface area contributed by atoms with Gasteiger partial charge in [0.1, 0.15) is 0 Å². The number of carbonyl (C=O) groups is 1. The lowest BCUT2D eigenvalue weighted by atomic mass is 10.0. The van der Waals surface area contributed by atoms with Crippen molar-refractivity contribution in [1.82, 2.24) is 25.9 Å². The van der Waals surface area contributed by atoms with Crippen molar-refractivity contribution < 1.29 is 4.79 Å². The van der Waals surface area contributed by atoms with E-state index in [1.54, 1.807) is 0 Å². The van der Waals surface area contributed by atoms with Crippen LogP contribution in [0.3, 0.4) is 0 Å². The van der Waals surface area contributed by atoms with Gasteiger partial charge in [-0.15, -0.1) is 10.2 Å². The van der Waals surface area contributed by atoms with Gasteiger partial charge in [-0.1, -0.05) is 24.3 Å². The van der Waals surface area contributed by atoms with Crippen LogP contribution in [0.25, 0.3) is 0 Å². The van der Waals surface area contributed by atoms with Gasteiger partial charge in [0, 0.05) is 0 Å². The highest BCUT2D eigenvalue weighted by atomic mass is 16.2. The lowest BCUT2D eigenvalue weighted by molar-refractivity contribution is 0.0929. The first-order valence-electron chi connectivity index (χ1n) is 5.28. The van der Waals surface area contributed by atoms with Crippen molar-refractivity contribution in [2.75, 3.05) is 0 Å². The summed E-state index contributed by atoms with van der Waals surface area (Å²) in [5, 5.41) is 15.7. The van der Waals surface area contributed by atoms with Crippen LogP contribution in [0.2, 0.25) is 0 Å². The number of nitrogens with zero attached hydrogens (tertiary/aromatic N) is 3. The standard InChI is InChI=1S/C11H13N5O/c1-7-5-3-4-6-9(7)8(2)12-11(17)10-13-15-16-14-10/h3-6,8H,1-2H3,(H,12,17)(H,13,14,15,16). The first-order chi connectivity index (χ1) is 8.18. The summed E-state index contributed by atoms with van der Waals surface area (Å²) in [7, 11) is 0. The van der Waals surface area contributed by atoms with Crippen molar-refractivity contribution in [1.29, 1.82) is 0 Å². The Bertz CT molecular complexity index is 508. The van der Waals surface area contributed by atoms with Gasteiger partial charge in [0.15, 0.2) is 0 Å². The summed E-state index contributed by atoms with van der Waals surface area (Å²) in [4.78, 5) is 11.7. The van der Waals surface area contributed by atoms with E-state index in [9.17, 15) is 4.79 Å². The average molecular weight is 231 g/mol. The van der Waals surface area contributed by atoms with Crippen molar-refractivity contribution in [2.45, 2.75) is 19.9 Å². The lowest BCUT2D eigenvalue weighted by Crippen LogP contribution is -2.28. The van der Waals surface area contributed by atoms with E-state index in [0.29, 0.717) is 0 Å². The van der Waals surface area contributed by atoms with Crippen LogP contribution < -0.4 is 5.32 Å². The molecular formula is C11H13N5O. The summed E-state index contributed by atoms with van der Waals surface area (Å²) < 4.78 is 0. The Hall–Kier alpha value is -2.24. The third kappa shape index (κ3) is 2.47. The molecule has 0 radical (unpaired) electrons. The van der Waals surface area contributed by atoms with E-state index in [1.165, 1.54) is 0 Å². The highest BCUT2D eigenvalue weighted by Gasteiger charge is 2.15. The first-order valence-corrected chi connectivity index (χ1v) is 5.28. The van der Waals surface area contributed by atoms with E-state index in [1.807, 2.05) is 38.1 Å². The Labute approximate surface area is 98.4 Å². The maximum absolute atomic E-state index is 11.7. The number of benzene rings is 1. The van der Waals surface area contributed by atoms with Crippen LogP contribution in [0, 0.1) is 6.92 Å². The molecule has 0 aliphatic heterocycles. The number of aromatic amines is 1. The van der Waals surface area contributed by atoms with Gasteiger partial charge in [0.25, 0.3) is 11.7 Å². The van der Waals surface area contributed by atoms with Crippen molar-refractivity contribution in [3.63, 3.8) is 0 Å². The van der Waals surface area contributed by atoms with Crippen molar-refractivity contribution in [3.8, 4) is 0 Å². The predicted molar refractivity (Wildman–Crippen MR) is 61.2 cm³/mol. The topological polar surface area (TPSA) is 83.6 Å². The lowest BCUT2D eigenvalue weighted by Gasteiger charge is -2.15. The third-order valence-electron chi connectivity index (χ3n) is 2.55. The van der Waals surface area contributed by atoms with Crippen molar-refractivity contribution in [2.24, 2.45) is 0 Å². The molecule has 0 bridgehead atoms. The largest absolute Gasteiger partial charge is 0.343 e. The molecule has 0 saturated heterocycles. The Balaban J connectivity index is 2.10. The minimum Gasteiger partial charge on any atom is -0.343 e. The minimum atomic E-state index is -0.338. The smallest absolute Gasteiger partial charge is 0.293 e. The summed E-state index contributed by atoms with van der Waals surface area (Å²) in [5.41, 5.74) is 2.21. The molecule has 2 rings (SSSR count). The number of nitrogens with one attached hydrogen (secondary N) is 2. The van der Waals surface area contributed by atoms with Crippen LogP contribution >= 0.6 is 0 Å². The summed E-state index contributed by atoms with van der Waals surface area (Å²) in [6, 6.07) is 7.80. The number of hydrogen-bond acceptors (Lipinski definition) is 4. The Morgan fingerprint density at radius 1 is 1.41 bits per heavy atom. The molecule has 6 heteroatoms. The number of hydrogen-bond donors (Lipinski definition) is 2. The molecule has 1 unspecified atom stereocenters. The number of carbonyl (C=O) groups excluding carboxylic acids is 1. The van der Waals surface area contributed by atoms with Gasteiger partial charge in [-0.2, -0.15) is 5.21 Å². The van der Waals surface area contributed by atoms with Gasteiger partial charge in [-0.25, -0.2) is 0 Å². The second-order valence-corrected chi connectivity index (χ2v) is 3.79. The van der Waals surface area contributed by atoms with Gasteiger partial charge in [-0.3, -0.25) is 4.79 Å². The number of aryl methyl sites for hydroxylation is 1. The second-order valence-electron chi connectivity index (χ2n) is 3.79. The number of aromatic nitrogens is 4. The summed E-state index contributed by atoms with van der Waals surface area (Å²) in [5.74, 6) is -0.292. The molecule has 2 aromatic rings. The number of tetrazole rings is 1. The average Bonchev–Trinajstić information content (AvgIpc) is 2.82. The Kier molecular flexibility index (Phi) is 3.13. The predicted octanol–water partition coefficient (Wildman–Crippen LogP) is 0.999. The molecule has 0 fully saturated rings. The fraction of sp³-hybridized carbons (Fsp3) is 0.273. The van der Waals surface area contributed by atoms with E-state index < -0.39 is 0 Å². The van der Waals surface area contributed by atoms with E-state index in [0.717, 1.165) is 11.1 Å². The van der Waals surface area contributed by atoms with Gasteiger partial charge < -0.3 is 5.32 Å². The van der Waals surface area contributed by atoms with Gasteiger partial charge in [0.2, 0.25) is 0 Å². The fourth-order valence-electron chi connectivity index (χ4n) is 1.67. The number of amides is 1. The molecule has 0 spiro atoms. The highest BCUT2D eigenvalue weighted by Crippen LogP contribution is 2.16. The van der Waals surface area contributed by atoms with Crippen LogP contribution in [0.4, 0.5) is 0 Å². The van der Waals surface area contributed by atoms with E-state index in [4.69, 9.17) is 0 Å². The molecule has 1 heterocycles. The zero-order valence-electron chi connectivity index (χ0n) is 9.64. The van der Waals surface area contributed by atoms with Crippen LogP contribution in [0.15, 0.2) is 24.3 Å². The van der Waals surface area contributed by atoms with E-state index in [-0.39, 0.29) is 17.8 Å². The molecule has 0 aliphatic rings. The van der Waals surface area contributed by atoms with Crippen molar-refractivity contribution in [3.05, 3.63) is 41.2 Å². The van der Waals surface area contributed by atoms with Crippen molar-refractivity contribution >= 4 is 5.91 Å². The van der Waals surface area contributed by atoms with Crippen LogP contribution in [0.1, 0.15) is 34.7 Å². The maximum atomic E-state index is 11.7. The summed E-state index contributed by atoms with van der Waals surface area (Å²) in [6.07, 6.45) is 0. The zero-order valence-corrected chi connectivity index (χ0v) is 9.64. The maximum Gasteiger partial charge on any atom is 0.293 e. The Morgan fingerprint density at radius 2 is 2.18 bits per heavy atom. The molecule has 1 atom stereocenters. The monoisotopic (exact) mass is 231 g/mol. The molecule has 0 aliphatic carbocycles. The van der Waals surface area contributed by atoms with Crippen LogP contribution in [-0.4, -0.2) is 26.5 Å². The normalized spacial score (nSPS) is 12.1. The van der Waals surface area contributed by atoms with Gasteiger partial charge in [0.05, 0.1) is 6.04 Å². The molecule has 0 saturated carbocycles. The fourth-order valence-corrected chi connectivity index (χ4v) is 1.67. The van der Waals surface area contributed by atoms with Gasteiger partial charge >= 0.3 is 0 Å². The zero-order chi connectivity index (χ0) is 12.3. The first kappa shape index (κ1) is 11.3. The summed E-state index contributed by atoms with van der Waals surface area (Å²) in [6.45, 7) is 3.92.